The summed E-state index contributed by atoms with van der Waals surface area (Å²) in [4.78, 5) is 11.4. The number of hydrogen-bond donors (Lipinski definition) is 1. The van der Waals surface area contributed by atoms with Gasteiger partial charge in [0, 0.05) is 12.5 Å². The summed E-state index contributed by atoms with van der Waals surface area (Å²) in [6, 6.07) is 5.55. The standard InChI is InChI=1S/C12H13Cl2NO/c13-10-4-1-8(7-11(10)14)5-6-15-12(16)9-2-3-9/h1,4,7,9H,2-3,5-6H2,(H,15,16). The maximum Gasteiger partial charge on any atom is 0.223 e. The molecule has 0 bridgehead atoms. The highest BCUT2D eigenvalue weighted by atomic mass is 35.5. The van der Waals surface area contributed by atoms with Gasteiger partial charge in [-0.2, -0.15) is 0 Å². The molecule has 2 nitrogen and oxygen atoms in total. The molecule has 0 saturated heterocycles. The molecule has 1 aliphatic rings. The van der Waals surface area contributed by atoms with Crippen molar-refractivity contribution >= 4 is 29.1 Å². The first-order chi connectivity index (χ1) is 7.66. The van der Waals surface area contributed by atoms with E-state index in [-0.39, 0.29) is 11.8 Å². The minimum Gasteiger partial charge on any atom is -0.356 e. The van der Waals surface area contributed by atoms with E-state index in [2.05, 4.69) is 5.32 Å². The summed E-state index contributed by atoms with van der Waals surface area (Å²) in [6.07, 6.45) is 2.87. The Hall–Kier alpha value is -0.730. The van der Waals surface area contributed by atoms with Crippen LogP contribution in [-0.2, 0) is 11.2 Å². The molecular formula is C12H13Cl2NO. The molecule has 1 N–H and O–H groups in total. The van der Waals surface area contributed by atoms with Gasteiger partial charge in [0.1, 0.15) is 0 Å². The topological polar surface area (TPSA) is 29.1 Å². The van der Waals surface area contributed by atoms with Crippen molar-refractivity contribution in [1.29, 1.82) is 0 Å². The molecule has 0 atom stereocenters. The fourth-order valence-electron chi connectivity index (χ4n) is 1.52. The summed E-state index contributed by atoms with van der Waals surface area (Å²) in [5.41, 5.74) is 1.09. The number of carbonyl (C=O) groups is 1. The highest BCUT2D eigenvalue weighted by Crippen LogP contribution is 2.28. The van der Waals surface area contributed by atoms with Crippen LogP contribution in [0.3, 0.4) is 0 Å². The first-order valence-electron chi connectivity index (χ1n) is 5.38. The van der Waals surface area contributed by atoms with E-state index >= 15 is 0 Å². The Bertz CT molecular complexity index is 402. The molecule has 0 radical (unpaired) electrons. The summed E-state index contributed by atoms with van der Waals surface area (Å²) in [7, 11) is 0. The third-order valence-corrected chi connectivity index (χ3v) is 3.38. The lowest BCUT2D eigenvalue weighted by molar-refractivity contribution is -0.122. The second kappa shape index (κ2) is 5.07. The van der Waals surface area contributed by atoms with Crippen molar-refractivity contribution in [3.63, 3.8) is 0 Å². The summed E-state index contributed by atoms with van der Waals surface area (Å²) < 4.78 is 0. The van der Waals surface area contributed by atoms with Gasteiger partial charge in [-0.1, -0.05) is 29.3 Å². The quantitative estimate of drug-likeness (QED) is 0.883. The first-order valence-corrected chi connectivity index (χ1v) is 6.14. The molecule has 0 spiro atoms. The third kappa shape index (κ3) is 3.13. The summed E-state index contributed by atoms with van der Waals surface area (Å²) >= 11 is 11.7. The van der Waals surface area contributed by atoms with Gasteiger partial charge in [-0.05, 0) is 37.0 Å². The van der Waals surface area contributed by atoms with Gasteiger partial charge in [-0.25, -0.2) is 0 Å². The SMILES string of the molecule is O=C(NCCc1ccc(Cl)c(Cl)c1)C1CC1. The molecule has 86 valence electrons. The number of hydrogen-bond acceptors (Lipinski definition) is 1. The van der Waals surface area contributed by atoms with Gasteiger partial charge >= 0.3 is 0 Å². The van der Waals surface area contributed by atoms with Crippen LogP contribution in [0.2, 0.25) is 10.0 Å². The molecule has 1 amide bonds. The number of carbonyl (C=O) groups excluding carboxylic acids is 1. The lowest BCUT2D eigenvalue weighted by atomic mass is 10.1. The number of rotatable bonds is 4. The van der Waals surface area contributed by atoms with E-state index in [0.29, 0.717) is 16.6 Å². The molecule has 1 fully saturated rings. The lowest BCUT2D eigenvalue weighted by Gasteiger charge is -2.05. The van der Waals surface area contributed by atoms with E-state index in [9.17, 15) is 4.79 Å². The molecule has 0 aromatic heterocycles. The van der Waals surface area contributed by atoms with Gasteiger partial charge in [-0.15, -0.1) is 0 Å². The van der Waals surface area contributed by atoms with Crippen molar-refractivity contribution < 1.29 is 4.79 Å². The van der Waals surface area contributed by atoms with E-state index in [0.717, 1.165) is 24.8 Å². The molecular weight excluding hydrogens is 245 g/mol. The van der Waals surface area contributed by atoms with Crippen LogP contribution < -0.4 is 5.32 Å². The largest absolute Gasteiger partial charge is 0.356 e. The molecule has 1 saturated carbocycles. The molecule has 0 heterocycles. The maximum atomic E-state index is 11.4. The van der Waals surface area contributed by atoms with Gasteiger partial charge in [0.25, 0.3) is 0 Å². The normalized spacial score (nSPS) is 14.9. The molecule has 4 heteroatoms. The fourth-order valence-corrected chi connectivity index (χ4v) is 1.84. The summed E-state index contributed by atoms with van der Waals surface area (Å²) in [5.74, 6) is 0.453. The van der Waals surface area contributed by atoms with Crippen LogP contribution in [0.4, 0.5) is 0 Å². The van der Waals surface area contributed by atoms with E-state index in [1.807, 2.05) is 12.1 Å². The molecule has 0 aliphatic heterocycles. The van der Waals surface area contributed by atoms with E-state index in [1.165, 1.54) is 0 Å². The van der Waals surface area contributed by atoms with Gasteiger partial charge in [0.2, 0.25) is 5.91 Å². The van der Waals surface area contributed by atoms with Gasteiger partial charge in [0.05, 0.1) is 10.0 Å². The number of halogens is 2. The minimum absolute atomic E-state index is 0.181. The van der Waals surface area contributed by atoms with Crippen LogP contribution in [-0.4, -0.2) is 12.5 Å². The summed E-state index contributed by atoms with van der Waals surface area (Å²) in [6.45, 7) is 0.660. The van der Waals surface area contributed by atoms with E-state index in [4.69, 9.17) is 23.2 Å². The van der Waals surface area contributed by atoms with Crippen LogP contribution in [0.25, 0.3) is 0 Å². The Labute approximate surface area is 105 Å². The van der Waals surface area contributed by atoms with Crippen molar-refractivity contribution in [3.05, 3.63) is 33.8 Å². The van der Waals surface area contributed by atoms with Gasteiger partial charge in [-0.3, -0.25) is 4.79 Å². The predicted octanol–water partition coefficient (Wildman–Crippen LogP) is 3.06. The van der Waals surface area contributed by atoms with Crippen molar-refractivity contribution in [2.45, 2.75) is 19.3 Å². The molecule has 0 unspecified atom stereocenters. The van der Waals surface area contributed by atoms with Crippen LogP contribution in [0.5, 0.6) is 0 Å². The Balaban J connectivity index is 1.80. The average molecular weight is 258 g/mol. The zero-order valence-corrected chi connectivity index (χ0v) is 10.3. The van der Waals surface area contributed by atoms with Crippen LogP contribution in [0.15, 0.2) is 18.2 Å². The molecule has 1 aliphatic carbocycles. The van der Waals surface area contributed by atoms with Crippen molar-refractivity contribution in [1.82, 2.24) is 5.32 Å². The molecule has 16 heavy (non-hydrogen) atoms. The highest BCUT2D eigenvalue weighted by Gasteiger charge is 2.28. The first kappa shape index (κ1) is 11.7. The second-order valence-electron chi connectivity index (χ2n) is 4.06. The molecule has 1 aromatic rings. The number of amides is 1. The molecule has 2 rings (SSSR count). The fraction of sp³-hybridized carbons (Fsp3) is 0.417. The average Bonchev–Trinajstić information content (AvgIpc) is 3.07. The number of nitrogens with one attached hydrogen (secondary N) is 1. The Morgan fingerprint density at radius 1 is 1.31 bits per heavy atom. The van der Waals surface area contributed by atoms with Crippen LogP contribution >= 0.6 is 23.2 Å². The van der Waals surface area contributed by atoms with Crippen LogP contribution in [0, 0.1) is 5.92 Å². The van der Waals surface area contributed by atoms with E-state index < -0.39 is 0 Å². The van der Waals surface area contributed by atoms with Gasteiger partial charge in [0.15, 0.2) is 0 Å². The Morgan fingerprint density at radius 3 is 2.69 bits per heavy atom. The van der Waals surface area contributed by atoms with Crippen LogP contribution in [0.1, 0.15) is 18.4 Å². The monoisotopic (exact) mass is 257 g/mol. The Morgan fingerprint density at radius 2 is 2.06 bits per heavy atom. The lowest BCUT2D eigenvalue weighted by Crippen LogP contribution is -2.26. The minimum atomic E-state index is 0.181. The summed E-state index contributed by atoms with van der Waals surface area (Å²) in [5, 5.41) is 4.04. The van der Waals surface area contributed by atoms with Gasteiger partial charge < -0.3 is 5.32 Å². The highest BCUT2D eigenvalue weighted by molar-refractivity contribution is 6.42. The zero-order valence-electron chi connectivity index (χ0n) is 8.80. The second-order valence-corrected chi connectivity index (χ2v) is 4.88. The number of benzene rings is 1. The third-order valence-electron chi connectivity index (χ3n) is 2.65. The van der Waals surface area contributed by atoms with E-state index in [1.54, 1.807) is 6.07 Å². The van der Waals surface area contributed by atoms with Crippen molar-refractivity contribution in [2.24, 2.45) is 5.92 Å². The smallest absolute Gasteiger partial charge is 0.223 e. The van der Waals surface area contributed by atoms with Crippen molar-refractivity contribution in [3.8, 4) is 0 Å². The Kier molecular flexibility index (Phi) is 3.72. The molecule has 1 aromatic carbocycles. The maximum absolute atomic E-state index is 11.4. The zero-order chi connectivity index (χ0) is 11.5. The predicted molar refractivity (Wildman–Crippen MR) is 65.9 cm³/mol. The van der Waals surface area contributed by atoms with Crippen molar-refractivity contribution in [2.75, 3.05) is 6.54 Å².